The van der Waals surface area contributed by atoms with Gasteiger partial charge in [-0.3, -0.25) is 14.8 Å². The Morgan fingerprint density at radius 1 is 1.31 bits per heavy atom. The Kier molecular flexibility index (Phi) is 4.52. The average molecular weight is 392 g/mol. The number of aryl methyl sites for hydroxylation is 1. The number of aromatic nitrogens is 3. The first kappa shape index (κ1) is 18.0. The van der Waals surface area contributed by atoms with Crippen LogP contribution in [-0.4, -0.2) is 27.3 Å². The fourth-order valence-electron chi connectivity index (χ4n) is 2.14. The van der Waals surface area contributed by atoms with Crippen molar-refractivity contribution in [3.8, 4) is 5.75 Å². The number of amides is 1. The molecule has 6 nitrogen and oxygen atoms in total. The molecule has 0 aliphatic rings. The molecule has 0 aliphatic heterocycles. The van der Waals surface area contributed by atoms with Gasteiger partial charge in [-0.25, -0.2) is 4.98 Å². The monoisotopic (exact) mass is 392 g/mol. The number of thiazole rings is 1. The first-order chi connectivity index (χ1) is 12.1. The van der Waals surface area contributed by atoms with Gasteiger partial charge in [0.15, 0.2) is 10.8 Å². The van der Waals surface area contributed by atoms with Crippen molar-refractivity contribution in [2.45, 2.75) is 12.8 Å². The SMILES string of the molecule is Cn1nc(C(=O)Nc2nc3ccc(OC(F)F)cc3s2)cc1C(F)(F)F. The second-order valence-corrected chi connectivity index (χ2v) is 6.05. The summed E-state index contributed by atoms with van der Waals surface area (Å²) in [5.41, 5.74) is -1.09. The zero-order valence-corrected chi connectivity index (χ0v) is 13.7. The second-order valence-electron chi connectivity index (χ2n) is 5.02. The number of rotatable bonds is 4. The number of benzene rings is 1. The van der Waals surface area contributed by atoms with Crippen molar-refractivity contribution in [2.75, 3.05) is 5.32 Å². The molecule has 0 bridgehead atoms. The quantitative estimate of drug-likeness (QED) is 0.684. The van der Waals surface area contributed by atoms with Crippen LogP contribution in [0.25, 0.3) is 10.2 Å². The van der Waals surface area contributed by atoms with E-state index in [0.29, 0.717) is 21.0 Å². The number of carbonyl (C=O) groups is 1. The average Bonchev–Trinajstić information content (AvgIpc) is 3.08. The lowest BCUT2D eigenvalue weighted by atomic mass is 10.3. The third-order valence-corrected chi connectivity index (χ3v) is 4.14. The summed E-state index contributed by atoms with van der Waals surface area (Å²) < 4.78 is 68.0. The standard InChI is InChI=1S/C14H9F5N4O2S/c1-23-10(14(17,18)19)5-8(22-23)11(24)21-13-20-7-3-2-6(25-12(15)16)4-9(7)26-13/h2-5,12H,1H3,(H,20,21,24). The number of hydrogen-bond acceptors (Lipinski definition) is 5. The summed E-state index contributed by atoms with van der Waals surface area (Å²) in [5.74, 6) is -0.951. The molecule has 3 rings (SSSR count). The number of hydrogen-bond donors (Lipinski definition) is 1. The Morgan fingerprint density at radius 3 is 2.65 bits per heavy atom. The number of nitrogens with zero attached hydrogens (tertiary/aromatic N) is 3. The van der Waals surface area contributed by atoms with Gasteiger partial charge >= 0.3 is 12.8 Å². The predicted octanol–water partition coefficient (Wildman–Crippen LogP) is 3.90. The van der Waals surface area contributed by atoms with E-state index in [1.54, 1.807) is 0 Å². The zero-order valence-electron chi connectivity index (χ0n) is 12.8. The highest BCUT2D eigenvalue weighted by atomic mass is 32.1. The van der Waals surface area contributed by atoms with Crippen LogP contribution in [0, 0.1) is 0 Å². The van der Waals surface area contributed by atoms with E-state index in [1.807, 2.05) is 0 Å². The van der Waals surface area contributed by atoms with Crippen LogP contribution in [0.5, 0.6) is 5.75 Å². The molecule has 138 valence electrons. The van der Waals surface area contributed by atoms with Crippen molar-refractivity contribution in [3.05, 3.63) is 35.7 Å². The van der Waals surface area contributed by atoms with E-state index >= 15 is 0 Å². The largest absolute Gasteiger partial charge is 0.435 e. The molecule has 0 saturated carbocycles. The van der Waals surface area contributed by atoms with Crippen molar-refractivity contribution in [2.24, 2.45) is 7.05 Å². The van der Waals surface area contributed by atoms with Gasteiger partial charge in [0, 0.05) is 13.1 Å². The molecule has 0 radical (unpaired) electrons. The van der Waals surface area contributed by atoms with E-state index < -0.39 is 30.1 Å². The van der Waals surface area contributed by atoms with Crippen LogP contribution >= 0.6 is 11.3 Å². The van der Waals surface area contributed by atoms with E-state index in [-0.39, 0.29) is 10.9 Å². The highest BCUT2D eigenvalue weighted by molar-refractivity contribution is 7.22. The van der Waals surface area contributed by atoms with Crippen LogP contribution in [0.1, 0.15) is 16.2 Å². The van der Waals surface area contributed by atoms with Gasteiger partial charge in [-0.15, -0.1) is 0 Å². The highest BCUT2D eigenvalue weighted by Gasteiger charge is 2.35. The van der Waals surface area contributed by atoms with Gasteiger partial charge in [-0.1, -0.05) is 11.3 Å². The molecule has 0 fully saturated rings. The molecule has 26 heavy (non-hydrogen) atoms. The summed E-state index contributed by atoms with van der Waals surface area (Å²) in [6, 6.07) is 4.64. The van der Waals surface area contributed by atoms with Crippen molar-refractivity contribution >= 4 is 32.6 Å². The topological polar surface area (TPSA) is 69.0 Å². The molecule has 1 amide bonds. The van der Waals surface area contributed by atoms with Crippen molar-refractivity contribution in [1.29, 1.82) is 0 Å². The predicted molar refractivity (Wildman–Crippen MR) is 82.4 cm³/mol. The first-order valence-corrected chi connectivity index (χ1v) is 7.73. The van der Waals surface area contributed by atoms with Gasteiger partial charge in [0.1, 0.15) is 11.4 Å². The Hall–Kier alpha value is -2.76. The van der Waals surface area contributed by atoms with E-state index in [9.17, 15) is 26.7 Å². The molecule has 0 aliphatic carbocycles. The van der Waals surface area contributed by atoms with Crippen LogP contribution < -0.4 is 10.1 Å². The summed E-state index contributed by atoms with van der Waals surface area (Å²) in [5, 5.41) is 5.95. The molecule has 2 heterocycles. The molecule has 2 aromatic heterocycles. The van der Waals surface area contributed by atoms with E-state index in [0.717, 1.165) is 18.4 Å². The highest BCUT2D eigenvalue weighted by Crippen LogP contribution is 2.31. The lowest BCUT2D eigenvalue weighted by molar-refractivity contribution is -0.143. The lowest BCUT2D eigenvalue weighted by Crippen LogP contribution is -2.12. The molecule has 12 heteroatoms. The van der Waals surface area contributed by atoms with Crippen molar-refractivity contribution in [1.82, 2.24) is 14.8 Å². The Morgan fingerprint density at radius 2 is 2.04 bits per heavy atom. The summed E-state index contributed by atoms with van der Waals surface area (Å²) in [7, 11) is 1.07. The fraction of sp³-hybridized carbons (Fsp3) is 0.214. The van der Waals surface area contributed by atoms with E-state index in [1.165, 1.54) is 18.2 Å². The zero-order chi connectivity index (χ0) is 19.1. The molecule has 3 aromatic rings. The Bertz CT molecular complexity index is 966. The van der Waals surface area contributed by atoms with Gasteiger partial charge < -0.3 is 4.74 Å². The van der Waals surface area contributed by atoms with Gasteiger partial charge in [0.25, 0.3) is 5.91 Å². The number of anilines is 1. The fourth-order valence-corrected chi connectivity index (χ4v) is 3.03. The Balaban J connectivity index is 1.81. The molecule has 0 spiro atoms. The Labute approximate surface area is 146 Å². The minimum atomic E-state index is -4.64. The van der Waals surface area contributed by atoms with Crippen LogP contribution in [-0.2, 0) is 13.2 Å². The number of carbonyl (C=O) groups excluding carboxylic acids is 1. The van der Waals surface area contributed by atoms with E-state index in [4.69, 9.17) is 0 Å². The summed E-state index contributed by atoms with van der Waals surface area (Å²) in [4.78, 5) is 16.1. The van der Waals surface area contributed by atoms with Gasteiger partial charge in [-0.2, -0.15) is 27.1 Å². The number of fused-ring (bicyclic) bond motifs is 1. The normalized spacial score (nSPS) is 12.0. The minimum Gasteiger partial charge on any atom is -0.435 e. The summed E-state index contributed by atoms with van der Waals surface area (Å²) in [6.45, 7) is -2.98. The number of alkyl halides is 5. The number of nitrogens with one attached hydrogen (secondary N) is 1. The van der Waals surface area contributed by atoms with Crippen molar-refractivity contribution in [3.63, 3.8) is 0 Å². The summed E-state index contributed by atoms with van der Waals surface area (Å²) >= 11 is 0.953. The summed E-state index contributed by atoms with van der Waals surface area (Å²) in [6.07, 6.45) is -4.64. The third-order valence-electron chi connectivity index (χ3n) is 3.21. The molecular formula is C14H9F5N4O2S. The minimum absolute atomic E-state index is 0.0754. The molecule has 1 N–H and O–H groups in total. The van der Waals surface area contributed by atoms with Crippen LogP contribution in [0.4, 0.5) is 27.1 Å². The third kappa shape index (κ3) is 3.74. The molecule has 0 atom stereocenters. The van der Waals surface area contributed by atoms with Crippen LogP contribution in [0.15, 0.2) is 24.3 Å². The molecule has 0 unspecified atom stereocenters. The van der Waals surface area contributed by atoms with Crippen LogP contribution in [0.2, 0.25) is 0 Å². The smallest absolute Gasteiger partial charge is 0.433 e. The first-order valence-electron chi connectivity index (χ1n) is 6.91. The van der Waals surface area contributed by atoms with Crippen molar-refractivity contribution < 1.29 is 31.5 Å². The van der Waals surface area contributed by atoms with Gasteiger partial charge in [-0.05, 0) is 18.2 Å². The van der Waals surface area contributed by atoms with Gasteiger partial charge in [0.2, 0.25) is 0 Å². The maximum Gasteiger partial charge on any atom is 0.433 e. The molecule has 1 aromatic carbocycles. The maximum absolute atomic E-state index is 12.8. The lowest BCUT2D eigenvalue weighted by Gasteiger charge is -2.04. The van der Waals surface area contributed by atoms with Gasteiger partial charge in [0.05, 0.1) is 10.2 Å². The van der Waals surface area contributed by atoms with E-state index in [2.05, 4.69) is 20.1 Å². The molecular weight excluding hydrogens is 383 g/mol. The van der Waals surface area contributed by atoms with Crippen LogP contribution in [0.3, 0.4) is 0 Å². The second kappa shape index (κ2) is 6.52. The molecule has 0 saturated heterocycles. The number of halogens is 5. The number of ether oxygens (including phenoxy) is 1. The maximum atomic E-state index is 12.8.